The van der Waals surface area contributed by atoms with E-state index in [4.69, 9.17) is 15.2 Å². The van der Waals surface area contributed by atoms with E-state index in [0.717, 1.165) is 37.4 Å². The third kappa shape index (κ3) is 3.01. The SMILES string of the molecule is CCC1CN(c2cccc(OC)c2[C@H](C)N)CCO1. The van der Waals surface area contributed by atoms with Gasteiger partial charge in [-0.15, -0.1) is 0 Å². The van der Waals surface area contributed by atoms with E-state index in [9.17, 15) is 0 Å². The zero-order chi connectivity index (χ0) is 13.8. The molecule has 4 heteroatoms. The van der Waals surface area contributed by atoms with Gasteiger partial charge in [0.25, 0.3) is 0 Å². The molecule has 1 aliphatic heterocycles. The lowest BCUT2D eigenvalue weighted by Gasteiger charge is -2.36. The molecule has 1 unspecified atom stereocenters. The van der Waals surface area contributed by atoms with Crippen molar-refractivity contribution in [3.63, 3.8) is 0 Å². The fourth-order valence-electron chi connectivity index (χ4n) is 2.63. The molecule has 106 valence electrons. The van der Waals surface area contributed by atoms with Crippen LogP contribution in [-0.2, 0) is 4.74 Å². The van der Waals surface area contributed by atoms with Crippen LogP contribution >= 0.6 is 0 Å². The Morgan fingerprint density at radius 3 is 2.95 bits per heavy atom. The zero-order valence-electron chi connectivity index (χ0n) is 12.1. The van der Waals surface area contributed by atoms with Crippen LogP contribution in [0.5, 0.6) is 5.75 Å². The average molecular weight is 264 g/mol. The molecule has 1 heterocycles. The van der Waals surface area contributed by atoms with E-state index in [1.54, 1.807) is 7.11 Å². The van der Waals surface area contributed by atoms with Gasteiger partial charge in [0.1, 0.15) is 5.75 Å². The Kier molecular flexibility index (Phi) is 4.66. The summed E-state index contributed by atoms with van der Waals surface area (Å²) in [5.41, 5.74) is 8.39. The summed E-state index contributed by atoms with van der Waals surface area (Å²) in [7, 11) is 1.69. The number of nitrogens with zero attached hydrogens (tertiary/aromatic N) is 1. The lowest BCUT2D eigenvalue weighted by Crippen LogP contribution is -2.42. The summed E-state index contributed by atoms with van der Waals surface area (Å²) in [6.07, 6.45) is 1.34. The van der Waals surface area contributed by atoms with Crippen LogP contribution in [0.2, 0.25) is 0 Å². The highest BCUT2D eigenvalue weighted by molar-refractivity contribution is 5.61. The molecule has 4 nitrogen and oxygen atoms in total. The van der Waals surface area contributed by atoms with E-state index in [0.29, 0.717) is 6.10 Å². The van der Waals surface area contributed by atoms with Crippen LogP contribution in [0, 0.1) is 0 Å². The Bertz CT molecular complexity index is 421. The molecule has 0 radical (unpaired) electrons. The number of nitrogens with two attached hydrogens (primary N) is 1. The molecule has 2 N–H and O–H groups in total. The van der Waals surface area contributed by atoms with E-state index >= 15 is 0 Å². The Morgan fingerprint density at radius 2 is 2.32 bits per heavy atom. The first-order valence-corrected chi connectivity index (χ1v) is 6.96. The minimum atomic E-state index is -0.0472. The summed E-state index contributed by atoms with van der Waals surface area (Å²) in [5, 5.41) is 0. The molecule has 19 heavy (non-hydrogen) atoms. The molecule has 0 amide bonds. The molecule has 1 aliphatic rings. The minimum Gasteiger partial charge on any atom is -0.496 e. The number of hydrogen-bond donors (Lipinski definition) is 1. The molecule has 0 aromatic heterocycles. The highest BCUT2D eigenvalue weighted by Gasteiger charge is 2.23. The van der Waals surface area contributed by atoms with Gasteiger partial charge in [0.2, 0.25) is 0 Å². The van der Waals surface area contributed by atoms with Gasteiger partial charge >= 0.3 is 0 Å². The molecule has 1 fully saturated rings. The molecular formula is C15H24N2O2. The highest BCUT2D eigenvalue weighted by atomic mass is 16.5. The topological polar surface area (TPSA) is 47.7 Å². The maximum absolute atomic E-state index is 6.13. The first kappa shape index (κ1) is 14.2. The van der Waals surface area contributed by atoms with E-state index in [2.05, 4.69) is 17.9 Å². The van der Waals surface area contributed by atoms with E-state index in [-0.39, 0.29) is 6.04 Å². The first-order valence-electron chi connectivity index (χ1n) is 6.96. The summed E-state index contributed by atoms with van der Waals surface area (Å²) in [4.78, 5) is 2.36. The van der Waals surface area contributed by atoms with Gasteiger partial charge in [0.05, 0.1) is 19.8 Å². The number of methoxy groups -OCH3 is 1. The minimum absolute atomic E-state index is 0.0472. The molecule has 0 aliphatic carbocycles. The smallest absolute Gasteiger partial charge is 0.125 e. The molecule has 0 bridgehead atoms. The zero-order valence-corrected chi connectivity index (χ0v) is 12.1. The summed E-state index contributed by atoms with van der Waals surface area (Å²) in [6.45, 7) is 6.76. The Balaban J connectivity index is 2.33. The van der Waals surface area contributed by atoms with Crippen LogP contribution in [0.4, 0.5) is 5.69 Å². The number of rotatable bonds is 4. The average Bonchev–Trinajstić information content (AvgIpc) is 2.46. The highest BCUT2D eigenvalue weighted by Crippen LogP contribution is 2.34. The number of hydrogen-bond acceptors (Lipinski definition) is 4. The maximum Gasteiger partial charge on any atom is 0.125 e. The predicted octanol–water partition coefficient (Wildman–Crippen LogP) is 2.33. The fraction of sp³-hybridized carbons (Fsp3) is 0.600. The van der Waals surface area contributed by atoms with Gasteiger partial charge in [-0.2, -0.15) is 0 Å². The summed E-state index contributed by atoms with van der Waals surface area (Å²) in [6, 6.07) is 6.07. The fourth-order valence-corrected chi connectivity index (χ4v) is 2.63. The van der Waals surface area contributed by atoms with Crippen molar-refractivity contribution in [3.8, 4) is 5.75 Å². The largest absolute Gasteiger partial charge is 0.496 e. The van der Waals surface area contributed by atoms with Gasteiger partial charge in [0, 0.05) is 30.4 Å². The Morgan fingerprint density at radius 1 is 1.53 bits per heavy atom. The monoisotopic (exact) mass is 264 g/mol. The lowest BCUT2D eigenvalue weighted by molar-refractivity contribution is 0.0383. The van der Waals surface area contributed by atoms with Crippen LogP contribution < -0.4 is 15.4 Å². The molecule has 2 rings (SSSR count). The quantitative estimate of drug-likeness (QED) is 0.906. The van der Waals surface area contributed by atoms with Crippen molar-refractivity contribution in [2.45, 2.75) is 32.4 Å². The first-order chi connectivity index (χ1) is 9.17. The molecular weight excluding hydrogens is 240 g/mol. The number of benzene rings is 1. The predicted molar refractivity (Wildman–Crippen MR) is 77.8 cm³/mol. The molecule has 0 spiro atoms. The van der Waals surface area contributed by atoms with Crippen LogP contribution in [0.1, 0.15) is 31.9 Å². The normalized spacial score (nSPS) is 21.3. The van der Waals surface area contributed by atoms with E-state index in [1.807, 2.05) is 19.1 Å². The van der Waals surface area contributed by atoms with Crippen molar-refractivity contribution in [3.05, 3.63) is 23.8 Å². The number of morpholine rings is 1. The second-order valence-electron chi connectivity index (χ2n) is 5.03. The van der Waals surface area contributed by atoms with Crippen molar-refractivity contribution in [2.75, 3.05) is 31.7 Å². The third-order valence-corrected chi connectivity index (χ3v) is 3.65. The van der Waals surface area contributed by atoms with Gasteiger partial charge in [-0.3, -0.25) is 0 Å². The van der Waals surface area contributed by atoms with Crippen LogP contribution in [0.3, 0.4) is 0 Å². The van der Waals surface area contributed by atoms with Gasteiger partial charge in [-0.1, -0.05) is 13.0 Å². The van der Waals surface area contributed by atoms with Gasteiger partial charge < -0.3 is 20.1 Å². The molecule has 1 aromatic rings. The van der Waals surface area contributed by atoms with Crippen molar-refractivity contribution in [2.24, 2.45) is 5.73 Å². The van der Waals surface area contributed by atoms with Crippen molar-refractivity contribution in [1.82, 2.24) is 0 Å². The molecule has 2 atom stereocenters. The third-order valence-electron chi connectivity index (χ3n) is 3.65. The van der Waals surface area contributed by atoms with Crippen molar-refractivity contribution >= 4 is 5.69 Å². The number of anilines is 1. The van der Waals surface area contributed by atoms with Crippen LogP contribution in [0.25, 0.3) is 0 Å². The Hall–Kier alpha value is -1.26. The maximum atomic E-state index is 6.13. The molecule has 1 aromatic carbocycles. The summed E-state index contributed by atoms with van der Waals surface area (Å²) < 4.78 is 11.2. The van der Waals surface area contributed by atoms with Crippen molar-refractivity contribution < 1.29 is 9.47 Å². The van der Waals surface area contributed by atoms with E-state index < -0.39 is 0 Å². The second kappa shape index (κ2) is 6.26. The van der Waals surface area contributed by atoms with Crippen LogP contribution in [-0.4, -0.2) is 32.9 Å². The summed E-state index contributed by atoms with van der Waals surface area (Å²) >= 11 is 0. The second-order valence-corrected chi connectivity index (χ2v) is 5.03. The molecule has 0 saturated carbocycles. The van der Waals surface area contributed by atoms with Gasteiger partial charge in [0.15, 0.2) is 0 Å². The van der Waals surface area contributed by atoms with Crippen LogP contribution in [0.15, 0.2) is 18.2 Å². The summed E-state index contributed by atoms with van der Waals surface area (Å²) in [5.74, 6) is 0.868. The van der Waals surface area contributed by atoms with Crippen molar-refractivity contribution in [1.29, 1.82) is 0 Å². The van der Waals surface area contributed by atoms with Gasteiger partial charge in [-0.05, 0) is 25.5 Å². The van der Waals surface area contributed by atoms with Gasteiger partial charge in [-0.25, -0.2) is 0 Å². The van der Waals surface area contributed by atoms with E-state index in [1.165, 1.54) is 5.69 Å². The standard InChI is InChI=1S/C15H24N2O2/c1-4-12-10-17(8-9-19-12)13-6-5-7-14(18-3)15(13)11(2)16/h5-7,11-12H,4,8-10,16H2,1-3H3/t11-,12?/m0/s1. The molecule has 1 saturated heterocycles. The number of ether oxygens (including phenoxy) is 2. The Labute approximate surface area is 115 Å². The lowest BCUT2D eigenvalue weighted by atomic mass is 10.0.